The van der Waals surface area contributed by atoms with Gasteiger partial charge in [0.15, 0.2) is 5.16 Å². The van der Waals surface area contributed by atoms with E-state index < -0.39 is 0 Å². The Hall–Kier alpha value is -2.12. The summed E-state index contributed by atoms with van der Waals surface area (Å²) in [5, 5.41) is 4.31. The zero-order valence-corrected chi connectivity index (χ0v) is 22.0. The number of carbonyl (C=O) groups is 1. The Labute approximate surface area is 204 Å². The maximum absolute atomic E-state index is 13.9. The van der Waals surface area contributed by atoms with Crippen molar-refractivity contribution in [1.82, 2.24) is 14.9 Å². The van der Waals surface area contributed by atoms with Crippen LogP contribution in [0.1, 0.15) is 58.4 Å². The van der Waals surface area contributed by atoms with Crippen molar-refractivity contribution in [2.75, 3.05) is 5.75 Å². The van der Waals surface area contributed by atoms with Crippen molar-refractivity contribution in [2.45, 2.75) is 71.5 Å². The molecule has 5 nitrogen and oxygen atoms in total. The Morgan fingerprint density at radius 1 is 1.18 bits per heavy atom. The summed E-state index contributed by atoms with van der Waals surface area (Å²) in [4.78, 5) is 33.4. The van der Waals surface area contributed by atoms with E-state index in [4.69, 9.17) is 4.98 Å². The van der Waals surface area contributed by atoms with E-state index in [0.29, 0.717) is 11.1 Å². The van der Waals surface area contributed by atoms with Crippen LogP contribution in [0.15, 0.2) is 40.3 Å². The zero-order valence-electron chi connectivity index (χ0n) is 20.3. The molecule has 2 heterocycles. The lowest BCUT2D eigenvalue weighted by molar-refractivity contribution is -0.119. The van der Waals surface area contributed by atoms with E-state index in [1.165, 1.54) is 22.2 Å². The Morgan fingerprint density at radius 3 is 2.52 bits per heavy atom. The van der Waals surface area contributed by atoms with Crippen molar-refractivity contribution in [3.05, 3.63) is 51.1 Å². The first-order valence-electron chi connectivity index (χ1n) is 11.5. The Balaban J connectivity index is 1.79. The van der Waals surface area contributed by atoms with Gasteiger partial charge in [-0.2, -0.15) is 0 Å². The van der Waals surface area contributed by atoms with Gasteiger partial charge in [0.2, 0.25) is 5.91 Å². The average molecular weight is 484 g/mol. The monoisotopic (exact) mass is 483 g/mol. The average Bonchev–Trinajstić information content (AvgIpc) is 3.09. The quantitative estimate of drug-likeness (QED) is 0.387. The Bertz CT molecular complexity index is 1230. The summed E-state index contributed by atoms with van der Waals surface area (Å²) in [6.07, 6.45) is 3.02. The highest BCUT2D eigenvalue weighted by atomic mass is 32.2. The third-order valence-electron chi connectivity index (χ3n) is 6.14. The number of rotatable bonds is 4. The van der Waals surface area contributed by atoms with Gasteiger partial charge in [0.1, 0.15) is 4.83 Å². The molecule has 0 spiro atoms. The number of hydrogen-bond donors (Lipinski definition) is 1. The molecule has 1 amide bonds. The molecule has 2 aromatic heterocycles. The third kappa shape index (κ3) is 5.19. The van der Waals surface area contributed by atoms with Crippen LogP contribution in [0.4, 0.5) is 0 Å². The molecule has 1 aliphatic rings. The van der Waals surface area contributed by atoms with Crippen LogP contribution < -0.4 is 10.9 Å². The zero-order chi connectivity index (χ0) is 24.0. The summed E-state index contributed by atoms with van der Waals surface area (Å²) in [5.74, 6) is 0.739. The molecule has 0 radical (unpaired) electrons. The number of hydrogen-bond acceptors (Lipinski definition) is 5. The van der Waals surface area contributed by atoms with Crippen LogP contribution in [-0.2, 0) is 17.6 Å². The smallest absolute Gasteiger partial charge is 0.267 e. The molecular formula is C26H33N3O2S2. The van der Waals surface area contributed by atoms with Crippen LogP contribution in [0.2, 0.25) is 0 Å². The molecule has 33 heavy (non-hydrogen) atoms. The summed E-state index contributed by atoms with van der Waals surface area (Å²) in [6.45, 7) is 12.8. The molecule has 0 bridgehead atoms. The molecule has 1 aliphatic carbocycles. The fourth-order valence-corrected chi connectivity index (χ4v) is 6.58. The van der Waals surface area contributed by atoms with E-state index in [1.807, 2.05) is 51.1 Å². The number of thiophene rings is 1. The number of nitrogens with zero attached hydrogens (tertiary/aromatic N) is 2. The van der Waals surface area contributed by atoms with Crippen LogP contribution in [0.25, 0.3) is 15.9 Å². The largest absolute Gasteiger partial charge is 0.351 e. The molecule has 176 valence electrons. The lowest BCUT2D eigenvalue weighted by Gasteiger charge is -2.33. The third-order valence-corrected chi connectivity index (χ3v) is 8.22. The van der Waals surface area contributed by atoms with Crippen LogP contribution in [0.5, 0.6) is 0 Å². The van der Waals surface area contributed by atoms with Gasteiger partial charge in [0.05, 0.1) is 16.8 Å². The van der Waals surface area contributed by atoms with Crippen molar-refractivity contribution in [3.8, 4) is 5.69 Å². The van der Waals surface area contributed by atoms with Crippen molar-refractivity contribution in [3.63, 3.8) is 0 Å². The van der Waals surface area contributed by atoms with Crippen molar-refractivity contribution < 1.29 is 4.79 Å². The molecule has 0 saturated carbocycles. The van der Waals surface area contributed by atoms with E-state index in [-0.39, 0.29) is 28.2 Å². The van der Waals surface area contributed by atoms with Crippen molar-refractivity contribution in [1.29, 1.82) is 0 Å². The topological polar surface area (TPSA) is 64.0 Å². The van der Waals surface area contributed by atoms with Gasteiger partial charge in [-0.25, -0.2) is 4.98 Å². The van der Waals surface area contributed by atoms with E-state index >= 15 is 0 Å². The minimum absolute atomic E-state index is 0.0309. The van der Waals surface area contributed by atoms with E-state index in [0.717, 1.165) is 35.2 Å². The highest BCUT2D eigenvalue weighted by molar-refractivity contribution is 7.99. The van der Waals surface area contributed by atoms with Gasteiger partial charge in [-0.05, 0) is 69.1 Å². The number of para-hydroxylation sites is 1. The molecule has 1 N–H and O–H groups in total. The molecule has 7 heteroatoms. The number of aromatic nitrogens is 2. The molecular weight excluding hydrogens is 450 g/mol. The summed E-state index contributed by atoms with van der Waals surface area (Å²) >= 11 is 2.97. The molecule has 1 aromatic carbocycles. The first kappa shape index (κ1) is 24.0. The van der Waals surface area contributed by atoms with E-state index in [9.17, 15) is 9.59 Å². The molecule has 1 atom stereocenters. The summed E-state index contributed by atoms with van der Waals surface area (Å²) < 4.78 is 1.68. The number of carbonyl (C=O) groups excluding carboxylic acids is 1. The SMILES string of the molecule is CC(C)(C)NC(=O)CSc1nc2sc3c(c2c(=O)n1-c1ccccc1)CCC(C(C)(C)C)C3. The highest BCUT2D eigenvalue weighted by Gasteiger charge is 2.32. The standard InChI is InChI=1S/C26H33N3O2S2/c1-25(2,3)16-12-13-18-19(14-16)33-22-21(18)23(31)29(17-10-8-7-9-11-17)24(27-22)32-15-20(30)28-26(4,5)6/h7-11,16H,12-15H2,1-6H3,(H,28,30). The van der Waals surface area contributed by atoms with Crippen molar-refractivity contribution in [2.24, 2.45) is 11.3 Å². The second-order valence-electron chi connectivity index (χ2n) is 10.9. The number of amides is 1. The molecule has 4 rings (SSSR count). The van der Waals surface area contributed by atoms with E-state index in [1.54, 1.807) is 15.9 Å². The van der Waals surface area contributed by atoms with Gasteiger partial charge in [0, 0.05) is 10.4 Å². The maximum Gasteiger partial charge on any atom is 0.267 e. The van der Waals surface area contributed by atoms with Gasteiger partial charge >= 0.3 is 0 Å². The maximum atomic E-state index is 13.9. The minimum atomic E-state index is -0.301. The van der Waals surface area contributed by atoms with Crippen LogP contribution >= 0.6 is 23.1 Å². The fourth-order valence-electron chi connectivity index (χ4n) is 4.43. The highest BCUT2D eigenvalue weighted by Crippen LogP contribution is 2.42. The summed E-state index contributed by atoms with van der Waals surface area (Å²) in [5.41, 5.74) is 1.87. The number of aryl methyl sites for hydroxylation is 1. The predicted octanol–water partition coefficient (Wildman–Crippen LogP) is 5.61. The van der Waals surface area contributed by atoms with E-state index in [2.05, 4.69) is 26.1 Å². The van der Waals surface area contributed by atoms with Crippen LogP contribution in [0.3, 0.4) is 0 Å². The van der Waals surface area contributed by atoms with Crippen LogP contribution in [-0.4, -0.2) is 26.8 Å². The fraction of sp³-hybridized carbons (Fsp3) is 0.500. The summed E-state index contributed by atoms with van der Waals surface area (Å²) in [6, 6.07) is 9.61. The van der Waals surface area contributed by atoms with Gasteiger partial charge < -0.3 is 5.32 Å². The minimum Gasteiger partial charge on any atom is -0.351 e. The lowest BCUT2D eigenvalue weighted by atomic mass is 9.72. The second kappa shape index (κ2) is 8.91. The second-order valence-corrected chi connectivity index (χ2v) is 13.0. The lowest BCUT2D eigenvalue weighted by Crippen LogP contribution is -2.41. The molecule has 0 aliphatic heterocycles. The number of benzene rings is 1. The molecule has 0 fully saturated rings. The van der Waals surface area contributed by atoms with Crippen LogP contribution in [0, 0.1) is 11.3 Å². The predicted molar refractivity (Wildman–Crippen MR) is 139 cm³/mol. The first-order valence-corrected chi connectivity index (χ1v) is 13.3. The van der Waals surface area contributed by atoms with Gasteiger partial charge in [-0.3, -0.25) is 14.2 Å². The number of fused-ring (bicyclic) bond motifs is 3. The Kier molecular flexibility index (Phi) is 6.49. The van der Waals surface area contributed by atoms with Crippen molar-refractivity contribution >= 4 is 39.2 Å². The van der Waals surface area contributed by atoms with Gasteiger partial charge in [0.25, 0.3) is 5.56 Å². The van der Waals surface area contributed by atoms with Gasteiger partial charge in [-0.1, -0.05) is 50.7 Å². The molecule has 0 saturated heterocycles. The number of nitrogens with one attached hydrogen (secondary N) is 1. The summed E-state index contributed by atoms with van der Waals surface area (Å²) in [7, 11) is 0. The normalized spacial score (nSPS) is 16.6. The number of thioether (sulfide) groups is 1. The van der Waals surface area contributed by atoms with Gasteiger partial charge in [-0.15, -0.1) is 11.3 Å². The Morgan fingerprint density at radius 2 is 1.88 bits per heavy atom. The molecule has 1 unspecified atom stereocenters. The molecule has 3 aromatic rings. The first-order chi connectivity index (χ1) is 15.4.